The van der Waals surface area contributed by atoms with Gasteiger partial charge in [-0.2, -0.15) is 11.3 Å². The highest BCUT2D eigenvalue weighted by Crippen LogP contribution is 2.37. The van der Waals surface area contributed by atoms with Crippen LogP contribution in [0, 0.1) is 0 Å². The van der Waals surface area contributed by atoms with Crippen LogP contribution in [0.3, 0.4) is 0 Å². The third-order valence-corrected chi connectivity index (χ3v) is 5.87. The molecule has 1 saturated heterocycles. The summed E-state index contributed by atoms with van der Waals surface area (Å²) in [5.41, 5.74) is 1.16. The summed E-state index contributed by atoms with van der Waals surface area (Å²) < 4.78 is 11.4. The van der Waals surface area contributed by atoms with Crippen molar-refractivity contribution >= 4 is 34.8 Å². The molecule has 1 aliphatic heterocycles. The fraction of sp³-hybridized carbons (Fsp3) is 0.455. The molecule has 2 heterocycles. The van der Waals surface area contributed by atoms with E-state index in [0.29, 0.717) is 66.8 Å². The number of rotatable bonds is 8. The molecule has 0 bridgehead atoms. The molecule has 0 radical (unpaired) electrons. The number of hydrogen-bond acceptors (Lipinski definition) is 5. The van der Waals surface area contributed by atoms with Gasteiger partial charge in [0.2, 0.25) is 0 Å². The molecule has 2 amide bonds. The number of ether oxygens (including phenoxy) is 2. The maximum absolute atomic E-state index is 13.0. The van der Waals surface area contributed by atoms with Gasteiger partial charge in [-0.1, -0.05) is 18.5 Å². The summed E-state index contributed by atoms with van der Waals surface area (Å²) in [6.07, 6.45) is 2.27. The minimum atomic E-state index is -0.0949. The zero-order valence-corrected chi connectivity index (χ0v) is 18.9. The molecule has 162 valence electrons. The molecule has 1 fully saturated rings. The third kappa shape index (κ3) is 5.46. The Morgan fingerprint density at radius 2 is 1.97 bits per heavy atom. The van der Waals surface area contributed by atoms with Crippen LogP contribution in [0.15, 0.2) is 29.0 Å². The van der Waals surface area contributed by atoms with Crippen molar-refractivity contribution in [1.29, 1.82) is 0 Å². The SMILES string of the molecule is CCCOc1c(Cl)cc(C(=O)N2CCC(NC(=O)c3ccsc3)CC2)cc1OCC. The molecule has 1 aliphatic rings. The Hall–Kier alpha value is -2.25. The van der Waals surface area contributed by atoms with Gasteiger partial charge >= 0.3 is 0 Å². The van der Waals surface area contributed by atoms with Crippen molar-refractivity contribution in [3.8, 4) is 11.5 Å². The van der Waals surface area contributed by atoms with E-state index in [1.165, 1.54) is 11.3 Å². The second-order valence-corrected chi connectivity index (χ2v) is 8.31. The molecular weight excluding hydrogens is 424 g/mol. The highest BCUT2D eigenvalue weighted by Gasteiger charge is 2.26. The van der Waals surface area contributed by atoms with Crippen LogP contribution >= 0.6 is 22.9 Å². The van der Waals surface area contributed by atoms with Crippen molar-refractivity contribution in [1.82, 2.24) is 10.2 Å². The smallest absolute Gasteiger partial charge is 0.254 e. The second-order valence-electron chi connectivity index (χ2n) is 7.12. The predicted octanol–water partition coefficient (Wildman–Crippen LogP) is 4.62. The Balaban J connectivity index is 1.63. The van der Waals surface area contributed by atoms with E-state index in [0.717, 1.165) is 6.42 Å². The van der Waals surface area contributed by atoms with Gasteiger partial charge in [0.25, 0.3) is 11.8 Å². The molecule has 0 saturated carbocycles. The van der Waals surface area contributed by atoms with Crippen molar-refractivity contribution < 1.29 is 19.1 Å². The van der Waals surface area contributed by atoms with E-state index in [9.17, 15) is 9.59 Å². The largest absolute Gasteiger partial charge is 0.490 e. The van der Waals surface area contributed by atoms with Crippen LogP contribution in [0.2, 0.25) is 5.02 Å². The summed E-state index contributed by atoms with van der Waals surface area (Å²) in [5.74, 6) is 0.811. The van der Waals surface area contributed by atoms with E-state index < -0.39 is 0 Å². The first-order chi connectivity index (χ1) is 14.5. The Morgan fingerprint density at radius 3 is 2.60 bits per heavy atom. The lowest BCUT2D eigenvalue weighted by molar-refractivity contribution is 0.0697. The van der Waals surface area contributed by atoms with Crippen LogP contribution in [-0.4, -0.2) is 49.1 Å². The first-order valence-corrected chi connectivity index (χ1v) is 11.6. The molecule has 2 aromatic rings. The standard InChI is InChI=1S/C22H27ClN2O4S/c1-3-10-29-20-18(23)12-16(13-19(20)28-4-2)22(27)25-8-5-17(6-9-25)24-21(26)15-7-11-30-14-15/h7,11-14,17H,3-6,8-10H2,1-2H3,(H,24,26). The molecule has 30 heavy (non-hydrogen) atoms. The Kier molecular flexibility index (Phi) is 7.99. The molecule has 1 aromatic carbocycles. The quantitative estimate of drug-likeness (QED) is 0.637. The number of carbonyl (C=O) groups excluding carboxylic acids is 2. The molecule has 0 unspecified atom stereocenters. The van der Waals surface area contributed by atoms with Crippen molar-refractivity contribution in [2.24, 2.45) is 0 Å². The zero-order valence-electron chi connectivity index (χ0n) is 17.3. The maximum Gasteiger partial charge on any atom is 0.254 e. The van der Waals surface area contributed by atoms with Crippen molar-refractivity contribution in [2.75, 3.05) is 26.3 Å². The van der Waals surface area contributed by atoms with E-state index in [4.69, 9.17) is 21.1 Å². The lowest BCUT2D eigenvalue weighted by Crippen LogP contribution is -2.46. The average Bonchev–Trinajstić information content (AvgIpc) is 3.28. The van der Waals surface area contributed by atoms with E-state index in [1.54, 1.807) is 17.0 Å². The molecule has 3 rings (SSSR count). The first kappa shape index (κ1) is 22.4. The number of carbonyl (C=O) groups is 2. The van der Waals surface area contributed by atoms with E-state index in [-0.39, 0.29) is 17.9 Å². The lowest BCUT2D eigenvalue weighted by Gasteiger charge is -2.32. The van der Waals surface area contributed by atoms with E-state index in [2.05, 4.69) is 5.32 Å². The molecule has 8 heteroatoms. The van der Waals surface area contributed by atoms with Crippen LogP contribution in [0.5, 0.6) is 11.5 Å². The molecule has 1 aromatic heterocycles. The Labute approximate surface area is 186 Å². The number of amides is 2. The fourth-order valence-corrected chi connectivity index (χ4v) is 4.27. The summed E-state index contributed by atoms with van der Waals surface area (Å²) in [4.78, 5) is 27.1. The molecule has 0 atom stereocenters. The number of piperidine rings is 1. The lowest BCUT2D eigenvalue weighted by atomic mass is 10.0. The number of thiophene rings is 1. The highest BCUT2D eigenvalue weighted by molar-refractivity contribution is 7.08. The monoisotopic (exact) mass is 450 g/mol. The summed E-state index contributed by atoms with van der Waals surface area (Å²) >= 11 is 7.89. The molecular formula is C22H27ClN2O4S. The summed E-state index contributed by atoms with van der Waals surface area (Å²) in [7, 11) is 0. The van der Waals surface area contributed by atoms with Gasteiger partial charge in [0, 0.05) is 35.6 Å². The average molecular weight is 451 g/mol. The van der Waals surface area contributed by atoms with Crippen molar-refractivity contribution in [3.63, 3.8) is 0 Å². The molecule has 6 nitrogen and oxygen atoms in total. The summed E-state index contributed by atoms with van der Waals surface area (Å²) in [6, 6.07) is 5.22. The van der Waals surface area contributed by atoms with Gasteiger partial charge in [0.1, 0.15) is 0 Å². The van der Waals surface area contributed by atoms with E-state index in [1.807, 2.05) is 30.7 Å². The van der Waals surface area contributed by atoms with Crippen LogP contribution in [-0.2, 0) is 0 Å². The van der Waals surface area contributed by atoms with E-state index >= 15 is 0 Å². The summed E-state index contributed by atoms with van der Waals surface area (Å²) in [5, 5.41) is 7.15. The minimum absolute atomic E-state index is 0.0585. The number of benzene rings is 1. The third-order valence-electron chi connectivity index (χ3n) is 4.91. The second kappa shape index (κ2) is 10.7. The van der Waals surface area contributed by atoms with Crippen LogP contribution in [0.1, 0.15) is 53.8 Å². The first-order valence-electron chi connectivity index (χ1n) is 10.2. The van der Waals surface area contributed by atoms with Crippen LogP contribution < -0.4 is 14.8 Å². The number of nitrogens with one attached hydrogen (secondary N) is 1. The van der Waals surface area contributed by atoms with Gasteiger partial charge in [-0.15, -0.1) is 0 Å². The van der Waals surface area contributed by atoms with Gasteiger partial charge < -0.3 is 19.7 Å². The topological polar surface area (TPSA) is 67.9 Å². The van der Waals surface area contributed by atoms with Gasteiger partial charge in [-0.25, -0.2) is 0 Å². The normalized spacial score (nSPS) is 14.4. The van der Waals surface area contributed by atoms with Gasteiger partial charge in [-0.05, 0) is 49.8 Å². The number of nitrogens with zero attached hydrogens (tertiary/aromatic N) is 1. The molecule has 0 aliphatic carbocycles. The van der Waals surface area contributed by atoms with Crippen molar-refractivity contribution in [3.05, 3.63) is 45.1 Å². The minimum Gasteiger partial charge on any atom is -0.490 e. The maximum atomic E-state index is 13.0. The number of halogens is 1. The van der Waals surface area contributed by atoms with Gasteiger partial charge in [0.05, 0.1) is 18.2 Å². The van der Waals surface area contributed by atoms with Gasteiger partial charge in [0.15, 0.2) is 11.5 Å². The number of likely N-dealkylation sites (tertiary alicyclic amines) is 1. The highest BCUT2D eigenvalue weighted by atomic mass is 35.5. The zero-order chi connectivity index (χ0) is 21.5. The number of hydrogen-bond donors (Lipinski definition) is 1. The van der Waals surface area contributed by atoms with Crippen LogP contribution in [0.4, 0.5) is 0 Å². The molecule has 1 N–H and O–H groups in total. The van der Waals surface area contributed by atoms with Crippen LogP contribution in [0.25, 0.3) is 0 Å². The Bertz CT molecular complexity index is 864. The fourth-order valence-electron chi connectivity index (χ4n) is 3.37. The van der Waals surface area contributed by atoms with Gasteiger partial charge in [-0.3, -0.25) is 9.59 Å². The summed E-state index contributed by atoms with van der Waals surface area (Å²) in [6.45, 7) is 6.01. The Morgan fingerprint density at radius 1 is 1.20 bits per heavy atom. The molecule has 0 spiro atoms. The van der Waals surface area contributed by atoms with Crippen molar-refractivity contribution in [2.45, 2.75) is 39.2 Å². The predicted molar refractivity (Wildman–Crippen MR) is 119 cm³/mol.